The molecule has 0 aliphatic heterocycles. The van der Waals surface area contributed by atoms with E-state index >= 15 is 0 Å². The molecule has 0 heterocycles. The summed E-state index contributed by atoms with van der Waals surface area (Å²) in [6, 6.07) is 0. The van der Waals surface area contributed by atoms with Gasteiger partial charge in [-0.15, -0.1) is 6.58 Å². The van der Waals surface area contributed by atoms with E-state index in [2.05, 4.69) is 32.2 Å². The largest absolute Gasteiger partial charge is 0.388 e. The molecule has 0 aromatic rings. The van der Waals surface area contributed by atoms with Gasteiger partial charge in [-0.2, -0.15) is 0 Å². The van der Waals surface area contributed by atoms with E-state index in [4.69, 9.17) is 0 Å². The number of fused-ring (bicyclic) bond motifs is 5. The summed E-state index contributed by atoms with van der Waals surface area (Å²) in [7, 11) is 0. The molecule has 4 aliphatic rings. The zero-order valence-electron chi connectivity index (χ0n) is 14.2. The van der Waals surface area contributed by atoms with Crippen molar-refractivity contribution in [3.63, 3.8) is 0 Å². The summed E-state index contributed by atoms with van der Waals surface area (Å²) in [5.41, 5.74) is 2.13. The maximum atomic E-state index is 12.4. The fourth-order valence-electron chi connectivity index (χ4n) is 6.52. The first kappa shape index (κ1) is 15.4. The average Bonchev–Trinajstić information content (AvgIpc) is 2.84. The van der Waals surface area contributed by atoms with E-state index in [0.29, 0.717) is 23.5 Å². The molecule has 1 N–H and O–H groups in total. The van der Waals surface area contributed by atoms with Crippen LogP contribution >= 0.6 is 0 Å². The van der Waals surface area contributed by atoms with E-state index in [0.717, 1.165) is 44.1 Å². The first-order valence-corrected chi connectivity index (χ1v) is 9.17. The lowest BCUT2D eigenvalue weighted by molar-refractivity contribution is -0.132. The van der Waals surface area contributed by atoms with Crippen LogP contribution in [0.15, 0.2) is 36.5 Å². The number of hydrogen-bond donors (Lipinski definition) is 1. The Morgan fingerprint density at radius 1 is 1.26 bits per heavy atom. The van der Waals surface area contributed by atoms with Gasteiger partial charge in [-0.25, -0.2) is 0 Å². The molecule has 4 aliphatic carbocycles. The third kappa shape index (κ3) is 1.88. The van der Waals surface area contributed by atoms with E-state index in [-0.39, 0.29) is 10.8 Å². The molecule has 0 saturated heterocycles. The lowest BCUT2D eigenvalue weighted by Gasteiger charge is -2.57. The molecule has 0 bridgehead atoms. The second-order valence-corrected chi connectivity index (χ2v) is 8.54. The topological polar surface area (TPSA) is 37.3 Å². The number of allylic oxidation sites excluding steroid dienone is 2. The van der Waals surface area contributed by atoms with Crippen molar-refractivity contribution in [1.29, 1.82) is 0 Å². The number of carbonyl (C=O) groups is 1. The van der Waals surface area contributed by atoms with Crippen molar-refractivity contribution in [2.75, 3.05) is 0 Å². The van der Waals surface area contributed by atoms with Crippen LogP contribution in [0.3, 0.4) is 0 Å². The third-order valence-electron chi connectivity index (χ3n) is 7.84. The number of carbonyl (C=O) groups excluding carboxylic acids is 1. The molecule has 0 unspecified atom stereocenters. The lowest BCUT2D eigenvalue weighted by Crippen LogP contribution is -2.51. The fourth-order valence-corrected chi connectivity index (χ4v) is 6.52. The van der Waals surface area contributed by atoms with Gasteiger partial charge in [-0.3, -0.25) is 4.79 Å². The highest BCUT2D eigenvalue weighted by Gasteiger charge is 2.59. The number of Topliss-reactive ketones (excluding diaryl/α,β-unsaturated/α-hetero) is 1. The quantitative estimate of drug-likeness (QED) is 0.736. The highest BCUT2D eigenvalue weighted by molar-refractivity contribution is 5.87. The van der Waals surface area contributed by atoms with Gasteiger partial charge in [0.25, 0.3) is 0 Å². The van der Waals surface area contributed by atoms with Gasteiger partial charge >= 0.3 is 0 Å². The van der Waals surface area contributed by atoms with Crippen molar-refractivity contribution in [2.24, 2.45) is 28.6 Å². The third-order valence-corrected chi connectivity index (χ3v) is 7.84. The highest BCUT2D eigenvalue weighted by atomic mass is 16.3. The zero-order chi connectivity index (χ0) is 16.4. The van der Waals surface area contributed by atoms with Gasteiger partial charge in [0, 0.05) is 17.3 Å². The van der Waals surface area contributed by atoms with E-state index in [9.17, 15) is 9.90 Å². The Hall–Kier alpha value is -1.15. The SMILES string of the molecule is C=C[C@]12C[C@H](O)C(=C)C=C1CC[C@@H]1[C@@H]2CC[C@]2(C)C(=O)CC[C@@H]12. The van der Waals surface area contributed by atoms with Crippen LogP contribution in [-0.2, 0) is 4.79 Å². The predicted octanol–water partition coefficient (Wildman–Crippen LogP) is 4.21. The predicted molar refractivity (Wildman–Crippen MR) is 91.8 cm³/mol. The Morgan fingerprint density at radius 2 is 2.04 bits per heavy atom. The molecule has 124 valence electrons. The minimum absolute atomic E-state index is 0.0729. The Morgan fingerprint density at radius 3 is 2.78 bits per heavy atom. The standard InChI is InChI=1S/C21H28O2/c1-4-21-12-18(22)13(2)11-14(21)5-6-15-16-7-8-19(23)20(16,3)10-9-17(15)21/h4,11,15-18,22H,1-2,5-10,12H2,3H3/t15-,16-,17-,18-,20-,21-/m0/s1. The lowest BCUT2D eigenvalue weighted by atomic mass is 9.46. The minimum atomic E-state index is -0.450. The molecule has 0 radical (unpaired) electrons. The van der Waals surface area contributed by atoms with Gasteiger partial charge < -0.3 is 5.11 Å². The van der Waals surface area contributed by atoms with Crippen LogP contribution in [0, 0.1) is 28.6 Å². The molecule has 2 nitrogen and oxygen atoms in total. The molecule has 23 heavy (non-hydrogen) atoms. The van der Waals surface area contributed by atoms with Crippen LogP contribution in [-0.4, -0.2) is 17.0 Å². The zero-order valence-corrected chi connectivity index (χ0v) is 14.2. The van der Waals surface area contributed by atoms with Crippen molar-refractivity contribution in [3.8, 4) is 0 Å². The number of rotatable bonds is 1. The molecule has 6 atom stereocenters. The number of ketones is 1. The van der Waals surface area contributed by atoms with Crippen LogP contribution in [0.5, 0.6) is 0 Å². The monoisotopic (exact) mass is 312 g/mol. The normalized spacial score (nSPS) is 49.0. The molecule has 0 spiro atoms. The van der Waals surface area contributed by atoms with Gasteiger partial charge in [0.15, 0.2) is 0 Å². The van der Waals surface area contributed by atoms with E-state index in [1.54, 1.807) is 0 Å². The molecule has 0 amide bonds. The van der Waals surface area contributed by atoms with Crippen LogP contribution in [0.2, 0.25) is 0 Å². The first-order chi connectivity index (χ1) is 10.9. The Bertz CT molecular complexity index is 615. The summed E-state index contributed by atoms with van der Waals surface area (Å²) in [5, 5.41) is 10.4. The summed E-state index contributed by atoms with van der Waals surface area (Å²) in [6.07, 6.45) is 10.7. The molecule has 0 aromatic carbocycles. The van der Waals surface area contributed by atoms with Gasteiger partial charge in [0.2, 0.25) is 0 Å². The summed E-state index contributed by atoms with van der Waals surface area (Å²) in [5.74, 6) is 2.17. The smallest absolute Gasteiger partial charge is 0.139 e. The van der Waals surface area contributed by atoms with Crippen molar-refractivity contribution < 1.29 is 9.90 Å². The molecular weight excluding hydrogens is 284 g/mol. The highest BCUT2D eigenvalue weighted by Crippen LogP contribution is 2.65. The van der Waals surface area contributed by atoms with E-state index in [1.165, 1.54) is 12.0 Å². The summed E-state index contributed by atoms with van der Waals surface area (Å²) in [6.45, 7) is 10.4. The maximum absolute atomic E-state index is 12.4. The van der Waals surface area contributed by atoms with Crippen LogP contribution in [0.25, 0.3) is 0 Å². The summed E-state index contributed by atoms with van der Waals surface area (Å²) in [4.78, 5) is 12.4. The van der Waals surface area contributed by atoms with Crippen molar-refractivity contribution >= 4 is 5.78 Å². The maximum Gasteiger partial charge on any atom is 0.139 e. The van der Waals surface area contributed by atoms with Gasteiger partial charge in [-0.05, 0) is 61.9 Å². The molecular formula is C21H28O2. The molecule has 4 rings (SSSR count). The summed E-state index contributed by atoms with van der Waals surface area (Å²) < 4.78 is 0. The Labute approximate surface area is 139 Å². The Balaban J connectivity index is 1.75. The molecule has 2 heteroatoms. The van der Waals surface area contributed by atoms with Gasteiger partial charge in [0.1, 0.15) is 5.78 Å². The number of aliphatic hydroxyl groups is 1. The molecule has 3 saturated carbocycles. The van der Waals surface area contributed by atoms with Gasteiger partial charge in [-0.1, -0.05) is 31.2 Å². The second-order valence-electron chi connectivity index (χ2n) is 8.54. The second kappa shape index (κ2) is 4.92. The van der Waals surface area contributed by atoms with Crippen molar-refractivity contribution in [3.05, 3.63) is 36.5 Å². The summed E-state index contributed by atoms with van der Waals surface area (Å²) >= 11 is 0. The van der Waals surface area contributed by atoms with E-state index < -0.39 is 6.10 Å². The first-order valence-electron chi connectivity index (χ1n) is 9.17. The van der Waals surface area contributed by atoms with Crippen molar-refractivity contribution in [1.82, 2.24) is 0 Å². The van der Waals surface area contributed by atoms with Gasteiger partial charge in [0.05, 0.1) is 6.10 Å². The van der Waals surface area contributed by atoms with E-state index in [1.807, 2.05) is 0 Å². The average molecular weight is 312 g/mol. The fraction of sp³-hybridized carbons (Fsp3) is 0.667. The van der Waals surface area contributed by atoms with Crippen LogP contribution in [0.1, 0.15) is 51.9 Å². The molecule has 3 fully saturated rings. The minimum Gasteiger partial charge on any atom is -0.388 e. The molecule has 0 aromatic heterocycles. The van der Waals surface area contributed by atoms with Crippen LogP contribution in [0.4, 0.5) is 0 Å². The van der Waals surface area contributed by atoms with Crippen LogP contribution < -0.4 is 0 Å². The van der Waals surface area contributed by atoms with Crippen molar-refractivity contribution in [2.45, 2.75) is 58.0 Å². The number of hydrogen-bond acceptors (Lipinski definition) is 2. The Kier molecular flexibility index (Phi) is 3.29. The number of aliphatic hydroxyl groups excluding tert-OH is 1.